The average molecular weight is 330 g/mol. The fourth-order valence-electron chi connectivity index (χ4n) is 7.27. The third-order valence-corrected chi connectivity index (χ3v) is 8.47. The lowest BCUT2D eigenvalue weighted by Crippen LogP contribution is -2.54. The summed E-state index contributed by atoms with van der Waals surface area (Å²) >= 11 is 0. The van der Waals surface area contributed by atoms with E-state index in [4.69, 9.17) is 0 Å². The summed E-state index contributed by atoms with van der Waals surface area (Å²) in [5.74, 6) is 2.35. The minimum absolute atomic E-state index is 0.0219. The molecule has 4 aliphatic rings. The summed E-state index contributed by atoms with van der Waals surface area (Å²) in [6.07, 6.45) is 7.97. The lowest BCUT2D eigenvalue weighted by atomic mass is 9.46. The van der Waals surface area contributed by atoms with E-state index < -0.39 is 6.10 Å². The van der Waals surface area contributed by atoms with Gasteiger partial charge >= 0.3 is 0 Å². The quantitative estimate of drug-likeness (QED) is 0.797. The molecule has 3 saturated carbocycles. The van der Waals surface area contributed by atoms with Crippen LogP contribution >= 0.6 is 0 Å². The van der Waals surface area contributed by atoms with Crippen molar-refractivity contribution in [2.75, 3.05) is 0 Å². The van der Waals surface area contributed by atoms with Gasteiger partial charge in [0.1, 0.15) is 5.78 Å². The number of Topliss-reactive ketones (excluding diaryl/α,β-unsaturated/α-hetero) is 1. The zero-order chi connectivity index (χ0) is 17.3. The first-order valence-electron chi connectivity index (χ1n) is 9.71. The number of hydrogen-bond donors (Lipinski definition) is 1. The summed E-state index contributed by atoms with van der Waals surface area (Å²) in [7, 11) is 0. The van der Waals surface area contributed by atoms with Crippen molar-refractivity contribution in [1.82, 2.24) is 0 Å². The van der Waals surface area contributed by atoms with E-state index in [1.165, 1.54) is 0 Å². The highest BCUT2D eigenvalue weighted by molar-refractivity contribution is 5.91. The average Bonchev–Trinajstić information content (AvgIpc) is 2.87. The van der Waals surface area contributed by atoms with E-state index in [0.29, 0.717) is 30.0 Å². The summed E-state index contributed by atoms with van der Waals surface area (Å²) in [6, 6.07) is 0. The van der Waals surface area contributed by atoms with Gasteiger partial charge in [-0.1, -0.05) is 13.8 Å². The molecular formula is C21H30O3. The molecule has 0 radical (unpaired) electrons. The van der Waals surface area contributed by atoms with Crippen LogP contribution in [0.1, 0.15) is 65.7 Å². The molecule has 0 unspecified atom stereocenters. The van der Waals surface area contributed by atoms with E-state index in [-0.39, 0.29) is 22.5 Å². The van der Waals surface area contributed by atoms with E-state index in [1.807, 2.05) is 0 Å². The Balaban J connectivity index is 1.71. The van der Waals surface area contributed by atoms with Crippen LogP contribution in [0.4, 0.5) is 0 Å². The van der Waals surface area contributed by atoms with Gasteiger partial charge < -0.3 is 5.11 Å². The molecule has 3 fully saturated rings. The zero-order valence-corrected chi connectivity index (χ0v) is 15.2. The molecule has 132 valence electrons. The molecule has 3 heteroatoms. The second-order valence-electron chi connectivity index (χ2n) is 9.40. The van der Waals surface area contributed by atoms with Crippen LogP contribution in [0.2, 0.25) is 0 Å². The first kappa shape index (κ1) is 16.5. The van der Waals surface area contributed by atoms with Gasteiger partial charge in [0.05, 0.1) is 6.10 Å². The van der Waals surface area contributed by atoms with Crippen molar-refractivity contribution in [3.05, 3.63) is 11.6 Å². The molecule has 0 aromatic heterocycles. The summed E-state index contributed by atoms with van der Waals surface area (Å²) in [6.45, 7) is 6.37. The van der Waals surface area contributed by atoms with Gasteiger partial charge in [-0.25, -0.2) is 0 Å². The molecule has 0 spiro atoms. The van der Waals surface area contributed by atoms with Crippen LogP contribution in [0.3, 0.4) is 0 Å². The number of aliphatic hydroxyl groups excluding tert-OH is 1. The van der Waals surface area contributed by atoms with Crippen molar-refractivity contribution in [3.8, 4) is 0 Å². The molecule has 0 bridgehead atoms. The zero-order valence-electron chi connectivity index (χ0n) is 15.2. The number of rotatable bonds is 1. The van der Waals surface area contributed by atoms with Gasteiger partial charge in [-0.15, -0.1) is 0 Å². The van der Waals surface area contributed by atoms with Crippen molar-refractivity contribution < 1.29 is 14.7 Å². The largest absolute Gasteiger partial charge is 0.389 e. The van der Waals surface area contributed by atoms with Gasteiger partial charge in [0, 0.05) is 12.3 Å². The molecule has 4 aliphatic carbocycles. The van der Waals surface area contributed by atoms with Gasteiger partial charge in [0.25, 0.3) is 0 Å². The highest BCUT2D eigenvalue weighted by Gasteiger charge is 2.61. The molecule has 1 N–H and O–H groups in total. The molecule has 0 aromatic rings. The third kappa shape index (κ3) is 2.06. The molecule has 0 saturated heterocycles. The number of hydrogen-bond acceptors (Lipinski definition) is 3. The van der Waals surface area contributed by atoms with E-state index in [2.05, 4.69) is 13.8 Å². The lowest BCUT2D eigenvalue weighted by Gasteiger charge is -2.59. The number of ketones is 2. The first-order chi connectivity index (χ1) is 11.3. The molecule has 24 heavy (non-hydrogen) atoms. The minimum Gasteiger partial charge on any atom is -0.389 e. The highest BCUT2D eigenvalue weighted by atomic mass is 16.3. The Hall–Kier alpha value is -0.960. The van der Waals surface area contributed by atoms with Crippen LogP contribution in [0.15, 0.2) is 11.6 Å². The van der Waals surface area contributed by atoms with Crippen LogP contribution in [0.5, 0.6) is 0 Å². The van der Waals surface area contributed by atoms with Crippen molar-refractivity contribution in [3.63, 3.8) is 0 Å². The molecule has 0 aromatic carbocycles. The fraction of sp³-hybridized carbons (Fsp3) is 0.810. The Morgan fingerprint density at radius 2 is 1.92 bits per heavy atom. The Kier molecular flexibility index (Phi) is 3.62. The van der Waals surface area contributed by atoms with Crippen LogP contribution in [0, 0.1) is 34.5 Å². The SMILES string of the molecule is CC(=O)[C@@H]1CC[C@@H]2[C@@H]3C[C@H](O)C4=CC(=O)CC[C@]4(C)[C@H]3CC[C@@]21C. The standard InChI is InChI=1S/C21H30O3/c1-12(22)15-4-5-16-14-11-19(24)18-10-13(23)6-8-21(18,3)17(14)7-9-20(15,16)2/h10,14-17,19,24H,4-9,11H2,1-3H3/t14-,15-,16+,17-,19-,20+,21+/m0/s1. The van der Waals surface area contributed by atoms with E-state index in [1.54, 1.807) is 13.0 Å². The van der Waals surface area contributed by atoms with Crippen LogP contribution in [-0.4, -0.2) is 22.8 Å². The van der Waals surface area contributed by atoms with Crippen molar-refractivity contribution in [1.29, 1.82) is 0 Å². The minimum atomic E-state index is -0.473. The predicted molar refractivity (Wildman–Crippen MR) is 92.3 cm³/mol. The maximum absolute atomic E-state index is 12.2. The monoisotopic (exact) mass is 330 g/mol. The Morgan fingerprint density at radius 3 is 2.62 bits per heavy atom. The molecule has 7 atom stereocenters. The molecule has 3 nitrogen and oxygen atoms in total. The normalized spacial score (nSPS) is 50.6. The summed E-state index contributed by atoms with van der Waals surface area (Å²) in [5.41, 5.74) is 1.10. The number of carbonyl (C=O) groups is 2. The highest BCUT2D eigenvalue weighted by Crippen LogP contribution is 2.66. The Bertz CT molecular complexity index is 621. The van der Waals surface area contributed by atoms with Crippen molar-refractivity contribution in [2.24, 2.45) is 34.5 Å². The third-order valence-electron chi connectivity index (χ3n) is 8.47. The lowest BCUT2D eigenvalue weighted by molar-refractivity contribution is -0.130. The maximum Gasteiger partial charge on any atom is 0.155 e. The van der Waals surface area contributed by atoms with E-state index >= 15 is 0 Å². The van der Waals surface area contributed by atoms with Crippen molar-refractivity contribution in [2.45, 2.75) is 71.8 Å². The van der Waals surface area contributed by atoms with Gasteiger partial charge in [0.15, 0.2) is 5.78 Å². The van der Waals surface area contributed by atoms with Crippen LogP contribution in [-0.2, 0) is 9.59 Å². The summed E-state index contributed by atoms with van der Waals surface area (Å²) in [4.78, 5) is 24.1. The Labute approximate surface area is 144 Å². The predicted octanol–water partition coefficient (Wildman–Crippen LogP) is 3.69. The second kappa shape index (κ2) is 5.27. The molecular weight excluding hydrogens is 300 g/mol. The summed E-state index contributed by atoms with van der Waals surface area (Å²) < 4.78 is 0. The molecule has 4 rings (SSSR count). The number of aliphatic hydroxyl groups is 1. The smallest absolute Gasteiger partial charge is 0.155 e. The van der Waals surface area contributed by atoms with E-state index in [9.17, 15) is 14.7 Å². The molecule has 0 aliphatic heterocycles. The van der Waals surface area contributed by atoms with E-state index in [0.717, 1.165) is 44.1 Å². The van der Waals surface area contributed by atoms with Crippen LogP contribution in [0.25, 0.3) is 0 Å². The number of carbonyl (C=O) groups excluding carboxylic acids is 2. The van der Waals surface area contributed by atoms with Gasteiger partial charge in [0.2, 0.25) is 0 Å². The van der Waals surface area contributed by atoms with Crippen LogP contribution < -0.4 is 0 Å². The molecule has 0 amide bonds. The topological polar surface area (TPSA) is 54.4 Å². The van der Waals surface area contributed by atoms with Gasteiger partial charge in [-0.05, 0) is 85.7 Å². The first-order valence-corrected chi connectivity index (χ1v) is 9.71. The fourth-order valence-corrected chi connectivity index (χ4v) is 7.27. The second-order valence-corrected chi connectivity index (χ2v) is 9.40. The van der Waals surface area contributed by atoms with Gasteiger partial charge in [-0.3, -0.25) is 9.59 Å². The Morgan fingerprint density at radius 1 is 1.17 bits per heavy atom. The van der Waals surface area contributed by atoms with Gasteiger partial charge in [-0.2, -0.15) is 0 Å². The maximum atomic E-state index is 12.2. The number of fused-ring (bicyclic) bond motifs is 5. The molecule has 0 heterocycles. The summed E-state index contributed by atoms with van der Waals surface area (Å²) in [5, 5.41) is 10.8. The van der Waals surface area contributed by atoms with Crippen molar-refractivity contribution >= 4 is 11.6 Å².